The minimum Gasteiger partial charge on any atom is -0.506 e. The molecule has 7 heteroatoms. The summed E-state index contributed by atoms with van der Waals surface area (Å²) in [7, 11) is 0. The van der Waals surface area contributed by atoms with Crippen LogP contribution in [0.4, 0.5) is 0 Å². The van der Waals surface area contributed by atoms with Gasteiger partial charge in [-0.05, 0) is 15.9 Å². The molecule has 0 bridgehead atoms. The maximum Gasteiger partial charge on any atom is 0.180 e. The zero-order chi connectivity index (χ0) is 9.14. The number of nitrogens with zero attached hydrogens (tertiary/aromatic N) is 1. The minimum atomic E-state index is 0.0917. The molecule has 0 aliphatic carbocycles. The topological polar surface area (TPSA) is 96.7 Å². The summed E-state index contributed by atoms with van der Waals surface area (Å²) in [5, 5.41) is 12.7. The normalized spacial score (nSPS) is 11.7. The van der Waals surface area contributed by atoms with E-state index in [1.165, 1.54) is 11.3 Å². The van der Waals surface area contributed by atoms with E-state index in [-0.39, 0.29) is 11.6 Å². The number of aromatic hydroxyl groups is 1. The third-order valence-electron chi connectivity index (χ3n) is 1.16. The molecule has 0 radical (unpaired) electrons. The van der Waals surface area contributed by atoms with Crippen LogP contribution < -0.4 is 17.1 Å². The Hall–Kier alpha value is -0.790. The van der Waals surface area contributed by atoms with Crippen molar-refractivity contribution in [1.29, 1.82) is 0 Å². The van der Waals surface area contributed by atoms with Crippen molar-refractivity contribution in [2.24, 2.45) is 16.8 Å². The number of hydrogen-bond donors (Lipinski definition) is 4. The zero-order valence-electron chi connectivity index (χ0n) is 5.91. The lowest BCUT2D eigenvalue weighted by Gasteiger charge is -1.99. The molecule has 66 valence electrons. The van der Waals surface area contributed by atoms with Crippen LogP contribution in [0.15, 0.2) is 15.0 Å². The van der Waals surface area contributed by atoms with Gasteiger partial charge in [0, 0.05) is 6.07 Å². The van der Waals surface area contributed by atoms with Crippen LogP contribution in [0.3, 0.4) is 0 Å². The molecule has 0 saturated carbocycles. The number of nitrogens with two attached hydrogens (primary N) is 2. The van der Waals surface area contributed by atoms with E-state index in [1.54, 1.807) is 6.07 Å². The fraction of sp³-hybridized carbons (Fsp3) is 0. The molecule has 1 heterocycles. The maximum absolute atomic E-state index is 9.31. The van der Waals surface area contributed by atoms with Gasteiger partial charge in [-0.2, -0.15) is 5.10 Å². The van der Waals surface area contributed by atoms with Gasteiger partial charge in [-0.25, -0.2) is 5.84 Å². The second kappa shape index (κ2) is 3.74. The summed E-state index contributed by atoms with van der Waals surface area (Å²) in [5.74, 6) is 10.5. The molecule has 5 nitrogen and oxygen atoms in total. The van der Waals surface area contributed by atoms with Crippen molar-refractivity contribution < 1.29 is 5.11 Å². The van der Waals surface area contributed by atoms with E-state index in [1.807, 2.05) is 0 Å². The molecule has 0 atom stereocenters. The number of hydrogen-bond acceptors (Lipinski definition) is 5. The lowest BCUT2D eigenvalue weighted by Crippen LogP contribution is -2.31. The Morgan fingerprint density at radius 2 is 2.42 bits per heavy atom. The molecule has 0 amide bonds. The average Bonchev–Trinajstić information content (AvgIpc) is 2.34. The number of hydrazine groups is 1. The van der Waals surface area contributed by atoms with Crippen LogP contribution in [0, 0.1) is 0 Å². The first-order chi connectivity index (χ1) is 5.69. The van der Waals surface area contributed by atoms with E-state index in [0.717, 1.165) is 3.79 Å². The highest BCUT2D eigenvalue weighted by Gasteiger charge is 2.11. The van der Waals surface area contributed by atoms with Crippen molar-refractivity contribution in [2.75, 3.05) is 0 Å². The number of rotatable bonds is 1. The monoisotopic (exact) mass is 250 g/mol. The second-order valence-corrected chi connectivity index (χ2v) is 4.32. The van der Waals surface area contributed by atoms with Crippen LogP contribution >= 0.6 is 27.3 Å². The van der Waals surface area contributed by atoms with Gasteiger partial charge in [0.25, 0.3) is 0 Å². The molecule has 1 rings (SSSR count). The Bertz CT molecular complexity index is 310. The number of nitrogens with one attached hydrogen (secondary N) is 1. The molecule has 0 fully saturated rings. The highest BCUT2D eigenvalue weighted by atomic mass is 79.9. The second-order valence-electron chi connectivity index (χ2n) is 1.89. The van der Waals surface area contributed by atoms with Crippen molar-refractivity contribution in [1.82, 2.24) is 5.43 Å². The van der Waals surface area contributed by atoms with Gasteiger partial charge in [0.15, 0.2) is 5.84 Å². The van der Waals surface area contributed by atoms with Crippen LogP contribution in [-0.4, -0.2) is 10.9 Å². The van der Waals surface area contributed by atoms with Crippen molar-refractivity contribution in [3.8, 4) is 5.75 Å². The van der Waals surface area contributed by atoms with Gasteiger partial charge < -0.3 is 16.4 Å². The summed E-state index contributed by atoms with van der Waals surface area (Å²) in [6, 6.07) is 1.54. The molecule has 12 heavy (non-hydrogen) atoms. The Labute approximate surface area is 81.2 Å². The standard InChI is InChI=1S/C5H7BrN4OS/c6-3-1-2(11)4(12-3)5(9-7)10-8/h1,11H,7-8H2,(H,9,10). The van der Waals surface area contributed by atoms with Crippen molar-refractivity contribution in [2.45, 2.75) is 0 Å². The fourth-order valence-corrected chi connectivity index (χ4v) is 2.12. The number of thiophene rings is 1. The summed E-state index contributed by atoms with van der Waals surface area (Å²) in [6.45, 7) is 0. The molecule has 1 aromatic rings. The fourth-order valence-electron chi connectivity index (χ4n) is 0.683. The quantitative estimate of drug-likeness (QED) is 0.250. The van der Waals surface area contributed by atoms with Gasteiger partial charge in [-0.3, -0.25) is 0 Å². The highest BCUT2D eigenvalue weighted by molar-refractivity contribution is 9.11. The first-order valence-corrected chi connectivity index (χ1v) is 4.53. The van der Waals surface area contributed by atoms with Gasteiger partial charge in [-0.15, -0.1) is 11.3 Å². The maximum atomic E-state index is 9.31. The van der Waals surface area contributed by atoms with E-state index >= 15 is 0 Å². The third-order valence-corrected chi connectivity index (χ3v) is 2.80. The van der Waals surface area contributed by atoms with E-state index in [0.29, 0.717) is 4.88 Å². The molecular formula is C5H7BrN4OS. The lowest BCUT2D eigenvalue weighted by molar-refractivity contribution is 0.476. The summed E-state index contributed by atoms with van der Waals surface area (Å²) in [5.41, 5.74) is 2.28. The molecular weight excluding hydrogens is 244 g/mol. The first-order valence-electron chi connectivity index (χ1n) is 2.92. The van der Waals surface area contributed by atoms with Crippen LogP contribution in [0.25, 0.3) is 0 Å². The molecule has 0 spiro atoms. The van der Waals surface area contributed by atoms with Crippen LogP contribution in [-0.2, 0) is 0 Å². The summed E-state index contributed by atoms with van der Waals surface area (Å²) < 4.78 is 0.784. The number of hydrazone groups is 1. The molecule has 0 aliphatic heterocycles. The van der Waals surface area contributed by atoms with E-state index in [4.69, 9.17) is 11.7 Å². The molecule has 6 N–H and O–H groups in total. The Balaban J connectivity index is 3.09. The summed E-state index contributed by atoms with van der Waals surface area (Å²) in [6.07, 6.45) is 0. The average molecular weight is 251 g/mol. The van der Waals surface area contributed by atoms with Gasteiger partial charge in [0.2, 0.25) is 0 Å². The SMILES string of the molecule is N/N=C(\NN)c1sc(Br)cc1O. The smallest absolute Gasteiger partial charge is 0.180 e. The largest absolute Gasteiger partial charge is 0.506 e. The Kier molecular flexibility index (Phi) is 2.90. The van der Waals surface area contributed by atoms with Crippen molar-refractivity contribution in [3.63, 3.8) is 0 Å². The molecule has 0 aromatic carbocycles. The predicted molar refractivity (Wildman–Crippen MR) is 51.7 cm³/mol. The molecule has 1 aromatic heterocycles. The highest BCUT2D eigenvalue weighted by Crippen LogP contribution is 2.31. The Morgan fingerprint density at radius 3 is 2.75 bits per heavy atom. The molecule has 0 saturated heterocycles. The van der Waals surface area contributed by atoms with Gasteiger partial charge in [-0.1, -0.05) is 0 Å². The minimum absolute atomic E-state index is 0.0917. The van der Waals surface area contributed by atoms with Crippen LogP contribution in [0.2, 0.25) is 0 Å². The lowest BCUT2D eigenvalue weighted by atomic mass is 10.4. The summed E-state index contributed by atoms with van der Waals surface area (Å²) >= 11 is 4.49. The predicted octanol–water partition coefficient (Wildman–Crippen LogP) is 0.300. The van der Waals surface area contributed by atoms with E-state index in [2.05, 4.69) is 26.5 Å². The zero-order valence-corrected chi connectivity index (χ0v) is 8.32. The first kappa shape index (κ1) is 9.30. The van der Waals surface area contributed by atoms with E-state index in [9.17, 15) is 5.11 Å². The van der Waals surface area contributed by atoms with Crippen LogP contribution in [0.5, 0.6) is 5.75 Å². The van der Waals surface area contributed by atoms with Crippen molar-refractivity contribution in [3.05, 3.63) is 14.7 Å². The van der Waals surface area contributed by atoms with Gasteiger partial charge >= 0.3 is 0 Å². The van der Waals surface area contributed by atoms with E-state index < -0.39 is 0 Å². The van der Waals surface area contributed by atoms with Gasteiger partial charge in [0.05, 0.1) is 3.79 Å². The third kappa shape index (κ3) is 1.68. The number of halogens is 1. The Morgan fingerprint density at radius 1 is 1.75 bits per heavy atom. The molecule has 0 aliphatic rings. The van der Waals surface area contributed by atoms with Gasteiger partial charge in [0.1, 0.15) is 10.6 Å². The van der Waals surface area contributed by atoms with Crippen LogP contribution in [0.1, 0.15) is 4.88 Å². The van der Waals surface area contributed by atoms with Crippen molar-refractivity contribution >= 4 is 33.1 Å². The number of amidine groups is 1. The molecule has 0 unspecified atom stereocenters. The summed E-state index contributed by atoms with van der Waals surface area (Å²) in [4.78, 5) is 0.506.